The van der Waals surface area contributed by atoms with Crippen LogP contribution in [-0.2, 0) is 38.9 Å². The number of β-lactam (4-membered cyclic amide) rings is 1. The molecule has 2 heterocycles. The number of fused-ring (bicyclic) bond motifs is 1. The second-order valence-corrected chi connectivity index (χ2v) is 11.6. The molecule has 11 heteroatoms. The minimum Gasteiger partial charge on any atom is -0.456 e. The van der Waals surface area contributed by atoms with Crippen LogP contribution in [0, 0.1) is 0 Å². The number of allylic oxidation sites excluding steroid dienone is 1. The van der Waals surface area contributed by atoms with E-state index in [9.17, 15) is 14.2 Å². The topological polar surface area (TPSA) is 113 Å². The molecule has 34 heavy (non-hydrogen) atoms. The summed E-state index contributed by atoms with van der Waals surface area (Å²) in [4.78, 5) is 29.2. The van der Waals surface area contributed by atoms with Crippen LogP contribution in [0.2, 0.25) is 0 Å². The largest absolute Gasteiger partial charge is 0.529 e. The van der Waals surface area contributed by atoms with E-state index in [2.05, 4.69) is 10.3 Å². The highest BCUT2D eigenvalue weighted by Gasteiger charge is 2.64. The molecule has 0 aromatic heterocycles. The fourth-order valence-electron chi connectivity index (χ4n) is 3.62. The standard InChI is InChI=1S/C23H31N2O7PS/c1-7-29-33(28,30-8-2)32-15(3)18(21(27)31-22(4,5)6)23-19(20(26)25-23)24-17(34-23)14-16-12-10-9-11-13-16/h9-13,19H,7-8,14H2,1-6H3,(H,25,26). The predicted molar refractivity (Wildman–Crippen MR) is 130 cm³/mol. The Morgan fingerprint density at radius 1 is 1.18 bits per heavy atom. The molecule has 3 rings (SSSR count). The lowest BCUT2D eigenvalue weighted by atomic mass is 9.89. The number of carbonyl (C=O) groups is 2. The molecule has 2 atom stereocenters. The molecule has 2 unspecified atom stereocenters. The summed E-state index contributed by atoms with van der Waals surface area (Å²) < 4.78 is 34.8. The average molecular weight is 511 g/mol. The molecule has 0 radical (unpaired) electrons. The van der Waals surface area contributed by atoms with Crippen molar-refractivity contribution in [1.29, 1.82) is 0 Å². The number of hydrogen-bond donors (Lipinski definition) is 1. The molecule has 2 aliphatic rings. The van der Waals surface area contributed by atoms with Gasteiger partial charge in [-0.3, -0.25) is 18.8 Å². The van der Waals surface area contributed by atoms with Crippen molar-refractivity contribution in [2.24, 2.45) is 4.99 Å². The van der Waals surface area contributed by atoms with Crippen molar-refractivity contribution in [3.05, 3.63) is 47.2 Å². The summed E-state index contributed by atoms with van der Waals surface area (Å²) in [6.07, 6.45) is 0.497. The van der Waals surface area contributed by atoms with Crippen molar-refractivity contribution in [3.8, 4) is 0 Å². The van der Waals surface area contributed by atoms with E-state index in [1.807, 2.05) is 30.3 Å². The molecule has 0 spiro atoms. The van der Waals surface area contributed by atoms with Gasteiger partial charge in [-0.15, -0.1) is 0 Å². The van der Waals surface area contributed by atoms with Crippen molar-refractivity contribution in [3.63, 3.8) is 0 Å². The maximum atomic E-state index is 13.4. The summed E-state index contributed by atoms with van der Waals surface area (Å²) in [5.74, 6) is -1.05. The van der Waals surface area contributed by atoms with Gasteiger partial charge in [-0.05, 0) is 47.1 Å². The minimum absolute atomic E-state index is 0.0171. The summed E-state index contributed by atoms with van der Waals surface area (Å²) in [7, 11) is -4.00. The molecule has 0 saturated carbocycles. The third-order valence-corrected chi connectivity index (χ3v) is 7.83. The number of phosphoric acid groups is 1. The lowest BCUT2D eigenvalue weighted by Gasteiger charge is -2.43. The number of rotatable bonds is 10. The first-order chi connectivity index (χ1) is 15.9. The second kappa shape index (κ2) is 10.2. The van der Waals surface area contributed by atoms with Gasteiger partial charge >= 0.3 is 13.8 Å². The van der Waals surface area contributed by atoms with E-state index in [-0.39, 0.29) is 30.5 Å². The molecule has 0 aliphatic carbocycles. The molecule has 1 amide bonds. The monoisotopic (exact) mass is 510 g/mol. The number of ether oxygens (including phenoxy) is 1. The van der Waals surface area contributed by atoms with Crippen LogP contribution in [0.15, 0.2) is 46.7 Å². The zero-order chi connectivity index (χ0) is 25.1. The minimum atomic E-state index is -4.00. The van der Waals surface area contributed by atoms with Gasteiger partial charge in [0.1, 0.15) is 16.9 Å². The van der Waals surface area contributed by atoms with Crippen LogP contribution >= 0.6 is 19.6 Å². The first-order valence-corrected chi connectivity index (χ1v) is 13.4. The number of aliphatic imine (C=N–C) groups is 1. The Hall–Kier alpha value is -2.13. The summed E-state index contributed by atoms with van der Waals surface area (Å²) in [6, 6.07) is 8.84. The molecule has 1 N–H and O–H groups in total. The van der Waals surface area contributed by atoms with Crippen molar-refractivity contribution >= 4 is 36.5 Å². The lowest BCUT2D eigenvalue weighted by molar-refractivity contribution is -0.151. The van der Waals surface area contributed by atoms with Crippen LogP contribution in [-0.4, -0.2) is 46.6 Å². The maximum absolute atomic E-state index is 13.4. The van der Waals surface area contributed by atoms with Gasteiger partial charge in [-0.1, -0.05) is 42.1 Å². The Balaban J connectivity index is 2.00. The number of nitrogens with one attached hydrogen (secondary N) is 1. The van der Waals surface area contributed by atoms with E-state index < -0.39 is 30.3 Å². The number of esters is 1. The quantitative estimate of drug-likeness (QED) is 0.162. The van der Waals surface area contributed by atoms with E-state index in [0.717, 1.165) is 5.56 Å². The number of thioether (sulfide) groups is 1. The van der Waals surface area contributed by atoms with E-state index in [0.29, 0.717) is 11.5 Å². The second-order valence-electron chi connectivity index (χ2n) is 8.72. The number of phosphoric ester groups is 1. The molecule has 1 aromatic carbocycles. The summed E-state index contributed by atoms with van der Waals surface area (Å²) >= 11 is 1.26. The SMILES string of the molecule is CCOP(=O)(OCC)OC(C)=C(C(=O)OC(C)(C)C)C12NC(=O)C1N=C(Cc1ccccc1)S2. The Bertz CT molecular complexity index is 1040. The van der Waals surface area contributed by atoms with Crippen molar-refractivity contribution < 1.29 is 32.5 Å². The lowest BCUT2D eigenvalue weighted by Crippen LogP contribution is -2.70. The fourth-order valence-corrected chi connectivity index (χ4v) is 6.38. The third-order valence-electron chi connectivity index (χ3n) is 4.84. The van der Waals surface area contributed by atoms with Gasteiger partial charge in [-0.25, -0.2) is 9.36 Å². The van der Waals surface area contributed by atoms with E-state index in [4.69, 9.17) is 18.3 Å². The Kier molecular flexibility index (Phi) is 7.97. The molecule has 1 aromatic rings. The highest BCUT2D eigenvalue weighted by atomic mass is 32.2. The molecule has 1 fully saturated rings. The van der Waals surface area contributed by atoms with Gasteiger partial charge in [0.15, 0.2) is 10.9 Å². The first-order valence-electron chi connectivity index (χ1n) is 11.1. The number of amides is 1. The van der Waals surface area contributed by atoms with Crippen LogP contribution in [0.4, 0.5) is 0 Å². The van der Waals surface area contributed by atoms with Gasteiger partial charge in [0, 0.05) is 6.42 Å². The highest BCUT2D eigenvalue weighted by molar-refractivity contribution is 8.15. The van der Waals surface area contributed by atoms with Gasteiger partial charge in [0.2, 0.25) is 5.91 Å². The van der Waals surface area contributed by atoms with Crippen molar-refractivity contribution in [2.45, 2.75) is 64.5 Å². The zero-order valence-electron chi connectivity index (χ0n) is 20.2. The van der Waals surface area contributed by atoms with Gasteiger partial charge in [-0.2, -0.15) is 0 Å². The van der Waals surface area contributed by atoms with Crippen LogP contribution < -0.4 is 5.32 Å². The van der Waals surface area contributed by atoms with Crippen LogP contribution in [0.1, 0.15) is 47.1 Å². The highest BCUT2D eigenvalue weighted by Crippen LogP contribution is 2.55. The molecule has 9 nitrogen and oxygen atoms in total. The Morgan fingerprint density at radius 2 is 1.79 bits per heavy atom. The molecular weight excluding hydrogens is 479 g/mol. The van der Waals surface area contributed by atoms with E-state index in [1.165, 1.54) is 18.7 Å². The summed E-state index contributed by atoms with van der Waals surface area (Å²) in [5.41, 5.74) is 0.220. The number of carbonyl (C=O) groups excluding carboxylic acids is 2. The van der Waals surface area contributed by atoms with Crippen molar-refractivity contribution in [2.75, 3.05) is 13.2 Å². The molecule has 2 aliphatic heterocycles. The smallest absolute Gasteiger partial charge is 0.456 e. The normalized spacial score (nSPS) is 22.7. The van der Waals surface area contributed by atoms with Crippen molar-refractivity contribution in [1.82, 2.24) is 5.32 Å². The molecular formula is C23H31N2O7PS. The first kappa shape index (κ1) is 26.5. The van der Waals surface area contributed by atoms with E-state index in [1.54, 1.807) is 34.6 Å². The maximum Gasteiger partial charge on any atom is 0.529 e. The summed E-state index contributed by atoms with van der Waals surface area (Å²) in [6.45, 7) is 10.1. The van der Waals surface area contributed by atoms with Crippen LogP contribution in [0.25, 0.3) is 0 Å². The van der Waals surface area contributed by atoms with Crippen LogP contribution in [0.5, 0.6) is 0 Å². The third kappa shape index (κ3) is 5.74. The average Bonchev–Trinajstić information content (AvgIpc) is 2.99. The van der Waals surface area contributed by atoms with Gasteiger partial charge < -0.3 is 14.6 Å². The molecule has 1 saturated heterocycles. The van der Waals surface area contributed by atoms with Gasteiger partial charge in [0.25, 0.3) is 0 Å². The molecule has 0 bridgehead atoms. The zero-order valence-corrected chi connectivity index (χ0v) is 22.0. The number of benzene rings is 1. The van der Waals surface area contributed by atoms with E-state index >= 15 is 0 Å². The predicted octanol–water partition coefficient (Wildman–Crippen LogP) is 4.38. The number of nitrogens with zero attached hydrogens (tertiary/aromatic N) is 1. The van der Waals surface area contributed by atoms with Gasteiger partial charge in [0.05, 0.1) is 18.3 Å². The van der Waals surface area contributed by atoms with Crippen LogP contribution in [0.3, 0.4) is 0 Å². The Morgan fingerprint density at radius 3 is 2.32 bits per heavy atom. The molecule has 186 valence electrons. The Labute approximate surface area is 204 Å². The number of hydrogen-bond acceptors (Lipinski definition) is 9. The summed E-state index contributed by atoms with van der Waals surface area (Å²) in [5, 5.41) is 3.51. The fraction of sp³-hybridized carbons (Fsp3) is 0.522.